The third-order valence-corrected chi connectivity index (χ3v) is 8.40. The van der Waals surface area contributed by atoms with Crippen molar-refractivity contribution >= 4 is 23.6 Å². The molecule has 0 bridgehead atoms. The van der Waals surface area contributed by atoms with Gasteiger partial charge in [-0.25, -0.2) is 10.5 Å². The lowest BCUT2D eigenvalue weighted by atomic mass is 10.0. The molecule has 2 amide bonds. The summed E-state index contributed by atoms with van der Waals surface area (Å²) in [5.74, 6) is 0.347. The largest absolute Gasteiger partial charge is 0.392 e. The van der Waals surface area contributed by atoms with Crippen molar-refractivity contribution in [2.45, 2.75) is 81.8 Å². The Morgan fingerprint density at radius 2 is 1.62 bits per heavy atom. The van der Waals surface area contributed by atoms with Gasteiger partial charge in [0.2, 0.25) is 11.8 Å². The van der Waals surface area contributed by atoms with Gasteiger partial charge in [-0.15, -0.1) is 0 Å². The Hall–Kier alpha value is -3.22. The predicted molar refractivity (Wildman–Crippen MR) is 158 cm³/mol. The van der Waals surface area contributed by atoms with E-state index in [0.29, 0.717) is 32.2 Å². The van der Waals surface area contributed by atoms with E-state index in [1.165, 1.54) is 0 Å². The second kappa shape index (κ2) is 16.4. The van der Waals surface area contributed by atoms with Gasteiger partial charge in [-0.1, -0.05) is 73.1 Å². The number of rotatable bonds is 15. The number of aromatic nitrogens is 2. The first-order valence-electron chi connectivity index (χ1n) is 14.3. The molecule has 0 aliphatic carbocycles. The molecule has 3 atom stereocenters. The Morgan fingerprint density at radius 1 is 0.952 bits per heavy atom. The zero-order valence-electron chi connectivity index (χ0n) is 23.9. The SMILES string of the molecule is Cn1ccnc1SC[C@@H]1C[C@H](c2ccc(CO)cc2)O[C@H](c2ccc(CNC(=O)CCCCCCC(=O)NO)cc2)O1. The fourth-order valence-corrected chi connectivity index (χ4v) is 5.69. The fourth-order valence-electron chi connectivity index (χ4n) is 4.74. The summed E-state index contributed by atoms with van der Waals surface area (Å²) in [4.78, 5) is 27.7. The number of unbranched alkanes of at least 4 members (excludes halogenated alkanes) is 3. The van der Waals surface area contributed by atoms with E-state index < -0.39 is 6.29 Å². The number of thioether (sulfide) groups is 1. The lowest BCUT2D eigenvalue weighted by Crippen LogP contribution is -2.31. The van der Waals surface area contributed by atoms with E-state index in [1.54, 1.807) is 23.4 Å². The monoisotopic (exact) mass is 596 g/mol. The standard InChI is InChI=1S/C31H40N4O6S/c1-35-17-16-32-31(35)42-21-26-18-27(24-12-10-23(20-36)11-13-24)41-30(40-26)25-14-8-22(9-15-25)19-33-28(37)6-4-2-3-5-7-29(38)34-39/h8-17,26-27,30,36,39H,2-7,18-21H2,1H3,(H,33,37)(H,34,38)/t26-,27+,30+/m0/s1. The molecule has 226 valence electrons. The maximum Gasteiger partial charge on any atom is 0.243 e. The van der Waals surface area contributed by atoms with Crippen molar-refractivity contribution in [2.75, 3.05) is 5.75 Å². The Bertz CT molecular complexity index is 1270. The topological polar surface area (TPSA) is 135 Å². The summed E-state index contributed by atoms with van der Waals surface area (Å²) in [6.45, 7) is 0.436. The van der Waals surface area contributed by atoms with E-state index in [1.807, 2.05) is 66.3 Å². The van der Waals surface area contributed by atoms with Gasteiger partial charge >= 0.3 is 0 Å². The molecular formula is C31H40N4O6S. The minimum absolute atomic E-state index is 0.000660. The van der Waals surface area contributed by atoms with Gasteiger partial charge < -0.3 is 24.5 Å². The molecule has 1 saturated heterocycles. The van der Waals surface area contributed by atoms with Crippen molar-refractivity contribution in [1.29, 1.82) is 0 Å². The van der Waals surface area contributed by atoms with Crippen molar-refractivity contribution in [3.05, 3.63) is 83.2 Å². The maximum atomic E-state index is 12.3. The molecule has 11 heteroatoms. The fraction of sp³-hybridized carbons (Fsp3) is 0.452. The first-order chi connectivity index (χ1) is 20.4. The van der Waals surface area contributed by atoms with Gasteiger partial charge in [0.05, 0.1) is 18.8 Å². The van der Waals surface area contributed by atoms with Gasteiger partial charge in [0.15, 0.2) is 11.4 Å². The van der Waals surface area contributed by atoms with E-state index in [4.69, 9.17) is 14.7 Å². The van der Waals surface area contributed by atoms with Crippen molar-refractivity contribution in [2.24, 2.45) is 7.05 Å². The third-order valence-electron chi connectivity index (χ3n) is 7.21. The van der Waals surface area contributed by atoms with Gasteiger partial charge in [0.1, 0.15) is 0 Å². The van der Waals surface area contributed by atoms with E-state index in [-0.39, 0.29) is 30.6 Å². The van der Waals surface area contributed by atoms with Gasteiger partial charge in [0.25, 0.3) is 0 Å². The number of amides is 2. The molecule has 0 unspecified atom stereocenters. The molecule has 10 nitrogen and oxygen atoms in total. The van der Waals surface area contributed by atoms with Gasteiger partial charge in [-0.3, -0.25) is 14.8 Å². The van der Waals surface area contributed by atoms with Crippen LogP contribution in [0.2, 0.25) is 0 Å². The summed E-state index contributed by atoms with van der Waals surface area (Å²) in [6, 6.07) is 15.8. The van der Waals surface area contributed by atoms with E-state index in [2.05, 4.69) is 10.3 Å². The molecule has 4 N–H and O–H groups in total. The average molecular weight is 597 g/mol. The first-order valence-corrected chi connectivity index (χ1v) is 15.3. The summed E-state index contributed by atoms with van der Waals surface area (Å²) in [5.41, 5.74) is 5.42. The lowest BCUT2D eigenvalue weighted by molar-refractivity contribution is -0.245. The molecule has 0 saturated carbocycles. The summed E-state index contributed by atoms with van der Waals surface area (Å²) in [6.07, 6.45) is 7.53. The Labute approximate surface area is 250 Å². The molecule has 42 heavy (non-hydrogen) atoms. The highest BCUT2D eigenvalue weighted by Gasteiger charge is 2.32. The van der Waals surface area contributed by atoms with Crippen molar-refractivity contribution in [3.8, 4) is 0 Å². The molecule has 2 heterocycles. The van der Waals surface area contributed by atoms with E-state index in [9.17, 15) is 14.7 Å². The van der Waals surface area contributed by atoms with Crippen LogP contribution in [0.5, 0.6) is 0 Å². The smallest absolute Gasteiger partial charge is 0.243 e. The molecule has 2 aromatic carbocycles. The highest BCUT2D eigenvalue weighted by atomic mass is 32.2. The Balaban J connectivity index is 1.30. The van der Waals surface area contributed by atoms with Crippen LogP contribution in [0.15, 0.2) is 66.1 Å². The van der Waals surface area contributed by atoms with Crippen LogP contribution in [-0.4, -0.2) is 43.5 Å². The number of hydroxylamine groups is 1. The highest BCUT2D eigenvalue weighted by molar-refractivity contribution is 7.99. The van der Waals surface area contributed by atoms with Crippen molar-refractivity contribution in [1.82, 2.24) is 20.3 Å². The van der Waals surface area contributed by atoms with Crippen molar-refractivity contribution in [3.63, 3.8) is 0 Å². The number of ether oxygens (including phenoxy) is 2. The number of aliphatic hydroxyl groups is 1. The van der Waals surface area contributed by atoms with Crippen molar-refractivity contribution < 1.29 is 29.4 Å². The number of nitrogens with one attached hydrogen (secondary N) is 2. The molecule has 4 rings (SSSR count). The summed E-state index contributed by atoms with van der Waals surface area (Å²) < 4.78 is 14.8. The molecule has 1 aliphatic heterocycles. The van der Waals surface area contributed by atoms with Crippen LogP contribution in [0.1, 0.15) is 79.6 Å². The lowest BCUT2D eigenvalue weighted by Gasteiger charge is -2.36. The first kappa shape index (κ1) is 31.7. The second-order valence-electron chi connectivity index (χ2n) is 10.4. The van der Waals surface area contributed by atoms with Crippen LogP contribution in [0, 0.1) is 0 Å². The van der Waals surface area contributed by atoms with Crippen LogP contribution in [0.4, 0.5) is 0 Å². The predicted octanol–water partition coefficient (Wildman–Crippen LogP) is 4.71. The quantitative estimate of drug-likeness (QED) is 0.0858. The van der Waals surface area contributed by atoms with Crippen LogP contribution < -0.4 is 10.8 Å². The minimum atomic E-state index is -0.541. The molecule has 0 spiro atoms. The highest BCUT2D eigenvalue weighted by Crippen LogP contribution is 2.39. The third kappa shape index (κ3) is 9.67. The number of hydrogen-bond acceptors (Lipinski definition) is 8. The normalized spacial score (nSPS) is 18.5. The van der Waals surface area contributed by atoms with Crippen LogP contribution >= 0.6 is 11.8 Å². The number of aryl methyl sites for hydroxylation is 1. The van der Waals surface area contributed by atoms with Gasteiger partial charge in [0, 0.05) is 56.6 Å². The summed E-state index contributed by atoms with van der Waals surface area (Å²) in [7, 11) is 1.98. The number of imidazole rings is 1. The number of carbonyl (C=O) groups is 2. The summed E-state index contributed by atoms with van der Waals surface area (Å²) in [5, 5.41) is 21.8. The van der Waals surface area contributed by atoms with Crippen LogP contribution in [0.3, 0.4) is 0 Å². The molecule has 0 radical (unpaired) electrons. The van der Waals surface area contributed by atoms with Crippen LogP contribution in [-0.2, 0) is 39.3 Å². The van der Waals surface area contributed by atoms with Crippen LogP contribution in [0.25, 0.3) is 0 Å². The number of carbonyl (C=O) groups excluding carboxylic acids is 2. The molecule has 1 aromatic heterocycles. The zero-order chi connectivity index (χ0) is 29.7. The summed E-state index contributed by atoms with van der Waals surface area (Å²) >= 11 is 1.66. The van der Waals surface area contributed by atoms with Gasteiger partial charge in [-0.2, -0.15) is 0 Å². The Kier molecular flexibility index (Phi) is 12.4. The maximum absolute atomic E-state index is 12.3. The second-order valence-corrected chi connectivity index (χ2v) is 11.4. The molecule has 1 aliphatic rings. The number of aliphatic hydroxyl groups excluding tert-OH is 1. The van der Waals surface area contributed by atoms with E-state index >= 15 is 0 Å². The van der Waals surface area contributed by atoms with E-state index in [0.717, 1.165) is 52.4 Å². The average Bonchev–Trinajstić information content (AvgIpc) is 3.44. The Morgan fingerprint density at radius 3 is 2.26 bits per heavy atom. The number of benzene rings is 2. The minimum Gasteiger partial charge on any atom is -0.392 e. The molecular weight excluding hydrogens is 556 g/mol. The zero-order valence-corrected chi connectivity index (χ0v) is 24.7. The molecule has 3 aromatic rings. The van der Waals surface area contributed by atoms with Gasteiger partial charge in [-0.05, 0) is 29.5 Å². The number of hydrogen-bond donors (Lipinski definition) is 4. The molecule has 1 fully saturated rings. The number of nitrogens with zero attached hydrogens (tertiary/aromatic N) is 2.